The fraction of sp³-hybridized carbons (Fsp3) is 0.522. The summed E-state index contributed by atoms with van der Waals surface area (Å²) in [6.07, 6.45) is 1.31. The van der Waals surface area contributed by atoms with Gasteiger partial charge in [-0.1, -0.05) is 30.3 Å². The van der Waals surface area contributed by atoms with Gasteiger partial charge in [0.1, 0.15) is 12.4 Å². The molecule has 174 valence electrons. The maximum absolute atomic E-state index is 12.4. The fourth-order valence-electron chi connectivity index (χ4n) is 5.18. The first-order valence-corrected chi connectivity index (χ1v) is 10.6. The zero-order valence-corrected chi connectivity index (χ0v) is 18.8. The van der Waals surface area contributed by atoms with Gasteiger partial charge < -0.3 is 24.8 Å². The number of nitrogens with one attached hydrogen (secondary N) is 1. The molecule has 0 radical (unpaired) electrons. The number of rotatable bonds is 7. The van der Waals surface area contributed by atoms with E-state index in [1.807, 2.05) is 31.3 Å². The van der Waals surface area contributed by atoms with Crippen molar-refractivity contribution < 1.29 is 24.5 Å². The van der Waals surface area contributed by atoms with Gasteiger partial charge in [0.15, 0.2) is 0 Å². The molecule has 4 atom stereocenters. The van der Waals surface area contributed by atoms with E-state index in [4.69, 9.17) is 14.6 Å². The van der Waals surface area contributed by atoms with Crippen LogP contribution in [0.5, 0.6) is 0 Å². The fourth-order valence-corrected chi connectivity index (χ4v) is 5.18. The minimum atomic E-state index is -0.530. The Bertz CT molecular complexity index is 905. The van der Waals surface area contributed by atoms with Crippen LogP contribution in [0.15, 0.2) is 36.5 Å². The number of imidazole rings is 1. The largest absolute Gasteiger partial charge is 0.483 e. The van der Waals surface area contributed by atoms with Gasteiger partial charge in [-0.3, -0.25) is 14.5 Å². The van der Waals surface area contributed by atoms with Gasteiger partial charge in [-0.25, -0.2) is 4.98 Å². The molecular weight excluding hydrogens is 412 g/mol. The van der Waals surface area contributed by atoms with E-state index in [-0.39, 0.29) is 36.2 Å². The molecule has 4 rings (SSSR count). The lowest BCUT2D eigenvalue weighted by Crippen LogP contribution is -2.32. The molecule has 2 aliphatic rings. The first-order chi connectivity index (χ1) is 15.4. The van der Waals surface area contributed by atoms with Crippen molar-refractivity contribution in [3.63, 3.8) is 0 Å². The Labute approximate surface area is 188 Å². The Morgan fingerprint density at radius 3 is 2.69 bits per heavy atom. The molecule has 2 aromatic rings. The first-order valence-electron chi connectivity index (χ1n) is 10.6. The Morgan fingerprint density at radius 1 is 1.41 bits per heavy atom. The average molecular weight is 445 g/mol. The highest BCUT2D eigenvalue weighted by Gasteiger charge is 2.71. The predicted octanol–water partition coefficient (Wildman–Crippen LogP) is 1.10. The Kier molecular flexibility index (Phi) is 7.65. The van der Waals surface area contributed by atoms with E-state index < -0.39 is 6.10 Å². The van der Waals surface area contributed by atoms with Crippen molar-refractivity contribution in [2.75, 3.05) is 40.4 Å². The number of methoxy groups -OCH3 is 1. The number of aliphatic hydroxyl groups excluding tert-OH is 1. The third kappa shape index (κ3) is 4.85. The van der Waals surface area contributed by atoms with Crippen molar-refractivity contribution in [3.8, 4) is 0 Å². The molecule has 1 spiro atoms. The van der Waals surface area contributed by atoms with Crippen LogP contribution in [0.4, 0.5) is 0 Å². The minimum absolute atomic E-state index is 0.0553. The number of carbonyl (C=O) groups excluding carboxylic acids is 1. The number of benzene rings is 1. The molecule has 1 saturated carbocycles. The number of β-amino-alcohol motifs (C(OH)–C–C–N with tert-alkyl or cyclic N) is 1. The van der Waals surface area contributed by atoms with Gasteiger partial charge in [0.2, 0.25) is 5.91 Å². The highest BCUT2D eigenvalue weighted by Crippen LogP contribution is 2.69. The minimum Gasteiger partial charge on any atom is -0.483 e. The molecule has 1 amide bonds. The van der Waals surface area contributed by atoms with Crippen LogP contribution in [0.3, 0.4) is 0 Å². The van der Waals surface area contributed by atoms with Crippen molar-refractivity contribution in [1.29, 1.82) is 0 Å². The molecule has 0 unspecified atom stereocenters. The lowest BCUT2D eigenvalue weighted by Gasteiger charge is -2.19. The number of hydrogen-bond donors (Lipinski definition) is 3. The van der Waals surface area contributed by atoms with Crippen LogP contribution >= 0.6 is 0 Å². The summed E-state index contributed by atoms with van der Waals surface area (Å²) in [5.74, 6) is 1.40. The molecule has 1 aliphatic carbocycles. The van der Waals surface area contributed by atoms with Crippen LogP contribution in [0.25, 0.3) is 0 Å². The Balaban J connectivity index is 0.000000913. The first kappa shape index (κ1) is 23.9. The molecule has 1 aromatic carbocycles. The van der Waals surface area contributed by atoms with Crippen LogP contribution in [0.2, 0.25) is 0 Å². The van der Waals surface area contributed by atoms with Crippen LogP contribution < -0.4 is 0 Å². The Hall–Kier alpha value is -2.75. The molecule has 32 heavy (non-hydrogen) atoms. The van der Waals surface area contributed by atoms with Gasteiger partial charge in [0.25, 0.3) is 6.47 Å². The van der Waals surface area contributed by atoms with Crippen molar-refractivity contribution >= 4 is 12.4 Å². The summed E-state index contributed by atoms with van der Waals surface area (Å²) in [7, 11) is 3.61. The number of carbonyl (C=O) groups is 2. The van der Waals surface area contributed by atoms with Crippen molar-refractivity contribution in [1.82, 2.24) is 19.8 Å². The van der Waals surface area contributed by atoms with Gasteiger partial charge in [-0.2, -0.15) is 0 Å². The van der Waals surface area contributed by atoms with E-state index in [1.54, 1.807) is 4.90 Å². The number of aryl methyl sites for hydroxylation is 1. The molecule has 2 fully saturated rings. The topological polar surface area (TPSA) is 119 Å². The predicted molar refractivity (Wildman–Crippen MR) is 118 cm³/mol. The molecule has 3 N–H and O–H groups in total. The van der Waals surface area contributed by atoms with E-state index in [0.29, 0.717) is 13.1 Å². The summed E-state index contributed by atoms with van der Waals surface area (Å²) in [6.45, 7) is 4.32. The molecule has 2 heterocycles. The smallest absolute Gasteiger partial charge is 0.290 e. The molecule has 9 nitrogen and oxygen atoms in total. The number of aliphatic hydroxyl groups is 1. The summed E-state index contributed by atoms with van der Waals surface area (Å²) >= 11 is 0. The SMILES string of the molecule is COCC(=O)N1C[C@H](O)[C@@]2(C1)[C@H](CN(C)Cc1ncc(C)[nH]1)[C@H]2c1ccccc1.O=CO. The maximum Gasteiger partial charge on any atom is 0.290 e. The van der Waals surface area contributed by atoms with Gasteiger partial charge in [-0.05, 0) is 31.4 Å². The van der Waals surface area contributed by atoms with E-state index in [2.05, 4.69) is 34.0 Å². The monoisotopic (exact) mass is 444 g/mol. The quantitative estimate of drug-likeness (QED) is 0.547. The highest BCUT2D eigenvalue weighted by atomic mass is 16.5. The lowest BCUT2D eigenvalue weighted by atomic mass is 9.95. The summed E-state index contributed by atoms with van der Waals surface area (Å²) in [6, 6.07) is 10.4. The van der Waals surface area contributed by atoms with Gasteiger partial charge in [0, 0.05) is 44.0 Å². The summed E-state index contributed by atoms with van der Waals surface area (Å²) in [4.78, 5) is 32.5. The summed E-state index contributed by atoms with van der Waals surface area (Å²) in [5, 5.41) is 17.9. The Morgan fingerprint density at radius 2 is 2.09 bits per heavy atom. The number of carboxylic acid groups (broad SMARTS) is 1. The van der Waals surface area contributed by atoms with Gasteiger partial charge in [-0.15, -0.1) is 0 Å². The number of amides is 1. The van der Waals surface area contributed by atoms with E-state index in [9.17, 15) is 9.90 Å². The van der Waals surface area contributed by atoms with E-state index in [0.717, 1.165) is 24.6 Å². The van der Waals surface area contributed by atoms with E-state index >= 15 is 0 Å². The molecule has 1 aromatic heterocycles. The third-order valence-corrected chi connectivity index (χ3v) is 6.50. The van der Waals surface area contributed by atoms with E-state index in [1.165, 1.54) is 12.7 Å². The maximum atomic E-state index is 12.4. The van der Waals surface area contributed by atoms with Crippen LogP contribution in [0, 0.1) is 18.3 Å². The molecule has 9 heteroatoms. The van der Waals surface area contributed by atoms with Gasteiger partial charge in [0.05, 0.1) is 12.6 Å². The second kappa shape index (κ2) is 10.2. The number of ether oxygens (including phenoxy) is 1. The van der Waals surface area contributed by atoms with Crippen molar-refractivity contribution in [2.24, 2.45) is 11.3 Å². The number of H-pyrrole nitrogens is 1. The second-order valence-corrected chi connectivity index (χ2v) is 8.65. The average Bonchev–Trinajstić information content (AvgIpc) is 2.99. The number of aromatic nitrogens is 2. The molecule has 1 saturated heterocycles. The van der Waals surface area contributed by atoms with Crippen molar-refractivity contribution in [3.05, 3.63) is 53.6 Å². The van der Waals surface area contributed by atoms with Crippen LogP contribution in [0.1, 0.15) is 23.0 Å². The van der Waals surface area contributed by atoms with Crippen LogP contribution in [-0.4, -0.2) is 88.9 Å². The van der Waals surface area contributed by atoms with Crippen LogP contribution in [-0.2, 0) is 20.9 Å². The number of likely N-dealkylation sites (tertiary alicyclic amines) is 1. The van der Waals surface area contributed by atoms with Gasteiger partial charge >= 0.3 is 0 Å². The number of hydrogen-bond acceptors (Lipinski definition) is 6. The molecule has 0 bridgehead atoms. The van der Waals surface area contributed by atoms with Crippen molar-refractivity contribution in [2.45, 2.75) is 25.5 Å². The zero-order chi connectivity index (χ0) is 23.3. The second-order valence-electron chi connectivity index (χ2n) is 8.65. The molecule has 1 aliphatic heterocycles. The molecular formula is C23H32N4O5. The highest BCUT2D eigenvalue weighted by molar-refractivity contribution is 5.78. The number of nitrogens with zero attached hydrogens (tertiary/aromatic N) is 3. The standard InChI is InChI=1S/C22H30N4O3.CH2O2/c1-15-9-23-19(24-15)12-25(2)10-17-21(16-7-5-4-6-8-16)22(17)14-26(11-18(22)27)20(28)13-29-3;2-1-3/h4-9,17-18,21,27H,10-14H2,1-3H3,(H,23,24);1H,(H,2,3)/t17-,18+,21-,22-;/m1./s1. The number of aromatic amines is 1. The summed E-state index contributed by atoms with van der Waals surface area (Å²) < 4.78 is 5.02. The summed E-state index contributed by atoms with van der Waals surface area (Å²) in [5.41, 5.74) is 2.00. The lowest BCUT2D eigenvalue weighted by molar-refractivity contribution is -0.134. The zero-order valence-electron chi connectivity index (χ0n) is 18.8. The third-order valence-electron chi connectivity index (χ3n) is 6.50. The normalized spacial score (nSPS) is 26.2.